The van der Waals surface area contributed by atoms with Gasteiger partial charge in [0, 0.05) is 6.20 Å². The number of H-pyrrole nitrogens is 1. The Labute approximate surface area is 116 Å². The van der Waals surface area contributed by atoms with Crippen molar-refractivity contribution < 1.29 is 4.39 Å². The normalized spacial score (nSPS) is 10.9. The van der Waals surface area contributed by atoms with E-state index in [1.165, 1.54) is 18.3 Å². The van der Waals surface area contributed by atoms with Crippen molar-refractivity contribution in [2.75, 3.05) is 0 Å². The molecule has 0 spiro atoms. The monoisotopic (exact) mass is 291 g/mol. The fraction of sp³-hybridized carbons (Fsp3) is 0. The van der Waals surface area contributed by atoms with Gasteiger partial charge in [0.25, 0.3) is 0 Å². The van der Waals surface area contributed by atoms with Gasteiger partial charge in [-0.15, -0.1) is 0 Å². The van der Waals surface area contributed by atoms with Crippen LogP contribution < -0.4 is 11.1 Å². The molecule has 0 amide bonds. The van der Waals surface area contributed by atoms with Crippen molar-refractivity contribution in [2.24, 2.45) is 0 Å². The molecule has 3 aromatic rings. The highest BCUT2D eigenvalue weighted by molar-refractivity contribution is 6.30. The van der Waals surface area contributed by atoms with Crippen LogP contribution >= 0.6 is 11.6 Å². The zero-order chi connectivity index (χ0) is 14.3. The minimum atomic E-state index is -0.835. The first kappa shape index (κ1) is 12.6. The first-order valence-electron chi connectivity index (χ1n) is 5.63. The summed E-state index contributed by atoms with van der Waals surface area (Å²) >= 11 is 5.61. The highest BCUT2D eigenvalue weighted by Gasteiger charge is 2.11. The van der Waals surface area contributed by atoms with E-state index in [4.69, 9.17) is 11.6 Å². The maximum atomic E-state index is 13.5. The summed E-state index contributed by atoms with van der Waals surface area (Å²) in [5.74, 6) is -0.680. The fourth-order valence-corrected chi connectivity index (χ4v) is 2.03. The maximum absolute atomic E-state index is 13.5. The maximum Gasteiger partial charge on any atom is 0.322 e. The number of nitrogens with one attached hydrogen (secondary N) is 1. The SMILES string of the molecule is O=c1[nH]c2cccnc2n(-c2ccc(Cl)c(F)c2)c1=O. The topological polar surface area (TPSA) is 67.8 Å². The summed E-state index contributed by atoms with van der Waals surface area (Å²) in [6, 6.07) is 7.06. The second-order valence-corrected chi connectivity index (χ2v) is 4.47. The van der Waals surface area contributed by atoms with Crippen molar-refractivity contribution in [1.29, 1.82) is 0 Å². The summed E-state index contributed by atoms with van der Waals surface area (Å²) < 4.78 is 14.6. The van der Waals surface area contributed by atoms with E-state index in [-0.39, 0.29) is 16.4 Å². The molecule has 0 unspecified atom stereocenters. The van der Waals surface area contributed by atoms with E-state index in [0.29, 0.717) is 5.52 Å². The molecular formula is C13H7ClFN3O2. The Morgan fingerprint density at radius 2 is 2.05 bits per heavy atom. The molecule has 0 aliphatic heterocycles. The number of benzene rings is 1. The van der Waals surface area contributed by atoms with Gasteiger partial charge < -0.3 is 4.98 Å². The molecule has 0 aliphatic carbocycles. The van der Waals surface area contributed by atoms with Crippen molar-refractivity contribution >= 4 is 22.8 Å². The average molecular weight is 292 g/mol. The van der Waals surface area contributed by atoms with Gasteiger partial charge in [-0.1, -0.05) is 11.6 Å². The molecule has 0 aliphatic rings. The van der Waals surface area contributed by atoms with Crippen LogP contribution in [0.2, 0.25) is 5.02 Å². The van der Waals surface area contributed by atoms with Crippen molar-refractivity contribution in [1.82, 2.24) is 14.5 Å². The number of aromatic amines is 1. The van der Waals surface area contributed by atoms with Gasteiger partial charge in [-0.05, 0) is 30.3 Å². The van der Waals surface area contributed by atoms with Crippen LogP contribution in [0.4, 0.5) is 4.39 Å². The summed E-state index contributed by atoms with van der Waals surface area (Å²) in [5.41, 5.74) is -0.836. The van der Waals surface area contributed by atoms with Gasteiger partial charge in [-0.25, -0.2) is 9.37 Å². The van der Waals surface area contributed by atoms with Crippen LogP contribution in [0.1, 0.15) is 0 Å². The summed E-state index contributed by atoms with van der Waals surface area (Å²) in [6.45, 7) is 0. The fourth-order valence-electron chi connectivity index (χ4n) is 1.91. The minimum absolute atomic E-state index is 0.0658. The standard InChI is InChI=1S/C13H7ClFN3O2/c14-8-4-3-7(6-9(8)15)18-11-10(2-1-5-16-11)17-12(19)13(18)20/h1-6H,(H,17,19). The number of aromatic nitrogens is 3. The molecule has 1 aromatic carbocycles. The summed E-state index contributed by atoms with van der Waals surface area (Å²) in [5, 5.41) is -0.0658. The third-order valence-corrected chi connectivity index (χ3v) is 3.11. The molecule has 2 heterocycles. The van der Waals surface area contributed by atoms with Crippen LogP contribution in [0.15, 0.2) is 46.1 Å². The third kappa shape index (κ3) is 1.90. The van der Waals surface area contributed by atoms with E-state index in [2.05, 4.69) is 9.97 Å². The highest BCUT2D eigenvalue weighted by atomic mass is 35.5. The first-order chi connectivity index (χ1) is 9.58. The van der Waals surface area contributed by atoms with E-state index in [9.17, 15) is 14.0 Å². The van der Waals surface area contributed by atoms with Gasteiger partial charge in [0.05, 0.1) is 16.2 Å². The lowest BCUT2D eigenvalue weighted by atomic mass is 10.3. The van der Waals surface area contributed by atoms with E-state index >= 15 is 0 Å². The highest BCUT2D eigenvalue weighted by Crippen LogP contribution is 2.18. The van der Waals surface area contributed by atoms with Gasteiger partial charge in [-0.3, -0.25) is 14.2 Å². The van der Waals surface area contributed by atoms with Crippen molar-refractivity contribution in [3.63, 3.8) is 0 Å². The van der Waals surface area contributed by atoms with Crippen LogP contribution in [-0.2, 0) is 0 Å². The van der Waals surface area contributed by atoms with E-state index in [1.807, 2.05) is 0 Å². The molecule has 7 heteroatoms. The minimum Gasteiger partial charge on any atom is -0.315 e. The Kier molecular flexibility index (Phi) is 2.87. The quantitative estimate of drug-likeness (QED) is 0.696. The average Bonchev–Trinajstić information content (AvgIpc) is 2.44. The molecule has 20 heavy (non-hydrogen) atoms. The molecule has 1 N–H and O–H groups in total. The largest absolute Gasteiger partial charge is 0.322 e. The molecule has 0 bridgehead atoms. The zero-order valence-corrected chi connectivity index (χ0v) is 10.7. The van der Waals surface area contributed by atoms with Gasteiger partial charge in [-0.2, -0.15) is 0 Å². The van der Waals surface area contributed by atoms with Crippen LogP contribution in [-0.4, -0.2) is 14.5 Å². The van der Waals surface area contributed by atoms with Crippen molar-refractivity contribution in [3.8, 4) is 5.69 Å². The van der Waals surface area contributed by atoms with Crippen LogP contribution in [0.5, 0.6) is 0 Å². The number of nitrogens with zero attached hydrogens (tertiary/aromatic N) is 2. The van der Waals surface area contributed by atoms with Gasteiger partial charge in [0.15, 0.2) is 5.65 Å². The molecule has 0 atom stereocenters. The molecule has 0 fully saturated rings. The second-order valence-electron chi connectivity index (χ2n) is 4.07. The molecule has 0 saturated heterocycles. The smallest absolute Gasteiger partial charge is 0.315 e. The third-order valence-electron chi connectivity index (χ3n) is 2.81. The van der Waals surface area contributed by atoms with Gasteiger partial charge in [0.2, 0.25) is 0 Å². The number of rotatable bonds is 1. The second kappa shape index (κ2) is 4.57. The lowest BCUT2D eigenvalue weighted by Gasteiger charge is -2.08. The summed E-state index contributed by atoms with van der Waals surface area (Å²) in [7, 11) is 0. The van der Waals surface area contributed by atoms with Gasteiger partial charge in [0.1, 0.15) is 5.82 Å². The molecule has 5 nitrogen and oxygen atoms in total. The van der Waals surface area contributed by atoms with E-state index in [1.54, 1.807) is 12.1 Å². The first-order valence-corrected chi connectivity index (χ1v) is 6.01. The predicted octanol–water partition coefficient (Wildman–Crippen LogP) is 1.87. The summed E-state index contributed by atoms with van der Waals surface area (Å²) in [4.78, 5) is 30.1. The Hall–Kier alpha value is -2.47. The summed E-state index contributed by atoms with van der Waals surface area (Å²) in [6.07, 6.45) is 1.48. The van der Waals surface area contributed by atoms with E-state index in [0.717, 1.165) is 10.6 Å². The Bertz CT molecular complexity index is 933. The Balaban J connectivity index is 2.46. The number of hydrogen-bond donors (Lipinski definition) is 1. The van der Waals surface area contributed by atoms with Crippen LogP contribution in [0.25, 0.3) is 16.9 Å². The lowest BCUT2D eigenvalue weighted by molar-refractivity contribution is 0.627. The van der Waals surface area contributed by atoms with E-state index < -0.39 is 16.9 Å². The molecule has 3 rings (SSSR count). The molecule has 2 aromatic heterocycles. The molecule has 0 radical (unpaired) electrons. The van der Waals surface area contributed by atoms with Crippen molar-refractivity contribution in [2.45, 2.75) is 0 Å². The van der Waals surface area contributed by atoms with Crippen LogP contribution in [0, 0.1) is 5.82 Å². The van der Waals surface area contributed by atoms with Crippen LogP contribution in [0.3, 0.4) is 0 Å². The number of halogens is 2. The number of pyridine rings is 1. The van der Waals surface area contributed by atoms with Gasteiger partial charge >= 0.3 is 11.1 Å². The van der Waals surface area contributed by atoms with Crippen molar-refractivity contribution in [3.05, 3.63) is 68.1 Å². The Morgan fingerprint density at radius 1 is 1.25 bits per heavy atom. The molecule has 0 saturated carbocycles. The number of hydrogen-bond acceptors (Lipinski definition) is 3. The molecular weight excluding hydrogens is 285 g/mol. The molecule has 100 valence electrons. The zero-order valence-electron chi connectivity index (χ0n) is 9.93. The lowest BCUT2D eigenvalue weighted by Crippen LogP contribution is -2.35. The Morgan fingerprint density at radius 3 is 2.80 bits per heavy atom. The number of fused-ring (bicyclic) bond motifs is 1. The predicted molar refractivity (Wildman–Crippen MR) is 72.9 cm³/mol.